The molecule has 30 heavy (non-hydrogen) atoms. The van der Waals surface area contributed by atoms with Crippen LogP contribution in [0.25, 0.3) is 0 Å². The van der Waals surface area contributed by atoms with Gasteiger partial charge in [-0.1, -0.05) is 97.3 Å². The molecule has 0 rings (SSSR count). The summed E-state index contributed by atoms with van der Waals surface area (Å²) in [6, 6.07) is 0. The second-order valence-electron chi connectivity index (χ2n) is 9.09. The maximum Gasteiger partial charge on any atom is 0.171 e. The first-order valence-corrected chi connectivity index (χ1v) is 13.7. The van der Waals surface area contributed by atoms with Crippen LogP contribution >= 0.6 is 0 Å². The summed E-state index contributed by atoms with van der Waals surface area (Å²) in [6.45, 7) is 11.0. The number of rotatable bonds is 24. The zero-order chi connectivity index (χ0) is 22.3. The normalized spacial score (nSPS) is 13.1. The van der Waals surface area contributed by atoms with Crippen molar-refractivity contribution in [1.82, 2.24) is 0 Å². The Labute approximate surface area is 190 Å². The summed E-state index contributed by atoms with van der Waals surface area (Å²) in [5.41, 5.74) is 5.89. The predicted molar refractivity (Wildman–Crippen MR) is 133 cm³/mol. The van der Waals surface area contributed by atoms with Crippen LogP contribution in [0.3, 0.4) is 0 Å². The van der Waals surface area contributed by atoms with Gasteiger partial charge >= 0.3 is 0 Å². The van der Waals surface area contributed by atoms with Crippen molar-refractivity contribution in [2.75, 3.05) is 19.8 Å². The number of hydrogen-bond donors (Lipinski definition) is 1. The van der Waals surface area contributed by atoms with Gasteiger partial charge in [-0.05, 0) is 46.1 Å². The van der Waals surface area contributed by atoms with E-state index in [9.17, 15) is 0 Å². The standard InChI is InChI=1S/C27H57NO2/c1-5-9-11-13-15-16-18-20-24-27(29-7-3,30-8-4)26(23-21-25-28)22-19-17-14-12-10-6-2/h26H,5-25,28H2,1-4H3. The zero-order valence-electron chi connectivity index (χ0n) is 21.3. The Bertz CT molecular complexity index is 329. The van der Waals surface area contributed by atoms with Gasteiger partial charge in [-0.3, -0.25) is 0 Å². The average Bonchev–Trinajstić information content (AvgIpc) is 2.74. The molecule has 2 N–H and O–H groups in total. The third-order valence-corrected chi connectivity index (χ3v) is 6.44. The van der Waals surface area contributed by atoms with Crippen LogP contribution in [-0.2, 0) is 9.47 Å². The number of nitrogens with two attached hydrogens (primary N) is 1. The van der Waals surface area contributed by atoms with Crippen molar-refractivity contribution in [3.8, 4) is 0 Å². The first-order valence-electron chi connectivity index (χ1n) is 13.7. The summed E-state index contributed by atoms with van der Waals surface area (Å²) in [5.74, 6) is 0.0706. The van der Waals surface area contributed by atoms with Gasteiger partial charge in [0.25, 0.3) is 0 Å². The van der Waals surface area contributed by atoms with E-state index in [1.54, 1.807) is 0 Å². The molecule has 0 radical (unpaired) electrons. The molecule has 0 aromatic rings. The molecule has 1 unspecified atom stereocenters. The third kappa shape index (κ3) is 14.8. The Kier molecular flexibility index (Phi) is 22.0. The van der Waals surface area contributed by atoms with E-state index in [0.29, 0.717) is 5.92 Å². The minimum absolute atomic E-state index is 0.399. The lowest BCUT2D eigenvalue weighted by atomic mass is 9.84. The Morgan fingerprint density at radius 1 is 0.567 bits per heavy atom. The topological polar surface area (TPSA) is 44.5 Å². The van der Waals surface area contributed by atoms with Crippen molar-refractivity contribution < 1.29 is 9.47 Å². The van der Waals surface area contributed by atoms with Gasteiger partial charge in [-0.2, -0.15) is 0 Å². The maximum atomic E-state index is 6.42. The maximum absolute atomic E-state index is 6.42. The van der Waals surface area contributed by atoms with Crippen molar-refractivity contribution in [3.05, 3.63) is 0 Å². The van der Waals surface area contributed by atoms with Crippen LogP contribution < -0.4 is 5.73 Å². The smallest absolute Gasteiger partial charge is 0.171 e. The molecule has 0 amide bonds. The highest BCUT2D eigenvalue weighted by Crippen LogP contribution is 2.37. The van der Waals surface area contributed by atoms with Crippen LogP contribution in [0, 0.1) is 5.92 Å². The molecule has 0 saturated carbocycles. The monoisotopic (exact) mass is 427 g/mol. The number of unbranched alkanes of at least 4 members (excludes halogenated alkanes) is 12. The van der Waals surface area contributed by atoms with E-state index in [1.807, 2.05) is 0 Å². The molecule has 0 aliphatic rings. The fraction of sp³-hybridized carbons (Fsp3) is 1.00. The molecule has 0 bridgehead atoms. The summed E-state index contributed by atoms with van der Waals surface area (Å²) >= 11 is 0. The lowest BCUT2D eigenvalue weighted by molar-refractivity contribution is -0.270. The Balaban J connectivity index is 4.72. The molecule has 0 aromatic heterocycles. The molecule has 0 aromatic carbocycles. The zero-order valence-corrected chi connectivity index (χ0v) is 21.3. The van der Waals surface area contributed by atoms with E-state index >= 15 is 0 Å². The molecule has 0 saturated heterocycles. The second-order valence-corrected chi connectivity index (χ2v) is 9.09. The van der Waals surface area contributed by atoms with Gasteiger partial charge in [0.1, 0.15) is 0 Å². The predicted octanol–water partition coefficient (Wildman–Crippen LogP) is 8.39. The first-order chi connectivity index (χ1) is 14.7. The van der Waals surface area contributed by atoms with Crippen LogP contribution in [-0.4, -0.2) is 25.5 Å². The van der Waals surface area contributed by atoms with Gasteiger partial charge in [0.15, 0.2) is 5.79 Å². The minimum Gasteiger partial charge on any atom is -0.350 e. The summed E-state index contributed by atoms with van der Waals surface area (Å²) in [5, 5.41) is 0. The second kappa shape index (κ2) is 22.1. The van der Waals surface area contributed by atoms with Gasteiger partial charge in [-0.15, -0.1) is 0 Å². The van der Waals surface area contributed by atoms with Crippen molar-refractivity contribution in [1.29, 1.82) is 0 Å². The van der Waals surface area contributed by atoms with Crippen molar-refractivity contribution in [2.45, 2.75) is 149 Å². The van der Waals surface area contributed by atoms with E-state index in [2.05, 4.69) is 27.7 Å². The van der Waals surface area contributed by atoms with E-state index < -0.39 is 5.79 Å². The Hall–Kier alpha value is -0.120. The van der Waals surface area contributed by atoms with E-state index in [1.165, 1.54) is 96.3 Å². The molecule has 182 valence electrons. The first kappa shape index (κ1) is 29.9. The summed E-state index contributed by atoms with van der Waals surface area (Å²) in [6.07, 6.45) is 23.3. The molecular formula is C27H57NO2. The highest BCUT2D eigenvalue weighted by Gasteiger charge is 2.39. The quantitative estimate of drug-likeness (QED) is 0.124. The lowest BCUT2D eigenvalue weighted by Gasteiger charge is -2.41. The van der Waals surface area contributed by atoms with Crippen LogP contribution in [0.2, 0.25) is 0 Å². The van der Waals surface area contributed by atoms with Gasteiger partial charge in [0.2, 0.25) is 0 Å². The van der Waals surface area contributed by atoms with Gasteiger partial charge in [-0.25, -0.2) is 0 Å². The van der Waals surface area contributed by atoms with Crippen LogP contribution in [0.5, 0.6) is 0 Å². The molecule has 0 fully saturated rings. The molecule has 0 heterocycles. The van der Waals surface area contributed by atoms with Gasteiger partial charge < -0.3 is 15.2 Å². The molecule has 0 spiro atoms. The number of hydrogen-bond acceptors (Lipinski definition) is 3. The summed E-state index contributed by atoms with van der Waals surface area (Å²) in [4.78, 5) is 0. The lowest BCUT2D eigenvalue weighted by Crippen LogP contribution is -2.44. The molecule has 3 heteroatoms. The Morgan fingerprint density at radius 2 is 1.00 bits per heavy atom. The molecule has 1 atom stereocenters. The molecular weight excluding hydrogens is 370 g/mol. The summed E-state index contributed by atoms with van der Waals surface area (Å²) < 4.78 is 12.8. The average molecular weight is 428 g/mol. The largest absolute Gasteiger partial charge is 0.350 e. The van der Waals surface area contributed by atoms with Gasteiger partial charge in [0, 0.05) is 25.6 Å². The van der Waals surface area contributed by atoms with Crippen molar-refractivity contribution >= 4 is 0 Å². The summed E-state index contributed by atoms with van der Waals surface area (Å²) in [7, 11) is 0. The Morgan fingerprint density at radius 3 is 1.47 bits per heavy atom. The van der Waals surface area contributed by atoms with E-state index in [4.69, 9.17) is 15.2 Å². The van der Waals surface area contributed by atoms with Crippen LogP contribution in [0.4, 0.5) is 0 Å². The minimum atomic E-state index is -0.399. The van der Waals surface area contributed by atoms with Crippen LogP contribution in [0.1, 0.15) is 143 Å². The fourth-order valence-corrected chi connectivity index (χ4v) is 4.74. The SMILES string of the molecule is CCCCCCCCCCC(OCC)(OCC)C(CCCN)CCCCCCCC. The molecule has 0 aliphatic heterocycles. The third-order valence-electron chi connectivity index (χ3n) is 6.44. The van der Waals surface area contributed by atoms with E-state index in [0.717, 1.165) is 39.0 Å². The van der Waals surface area contributed by atoms with Gasteiger partial charge in [0.05, 0.1) is 0 Å². The van der Waals surface area contributed by atoms with Crippen molar-refractivity contribution in [2.24, 2.45) is 11.7 Å². The highest BCUT2D eigenvalue weighted by atomic mass is 16.7. The fourth-order valence-electron chi connectivity index (χ4n) is 4.74. The highest BCUT2D eigenvalue weighted by molar-refractivity contribution is 4.81. The molecule has 0 aliphatic carbocycles. The van der Waals surface area contributed by atoms with Crippen LogP contribution in [0.15, 0.2) is 0 Å². The molecule has 3 nitrogen and oxygen atoms in total. The van der Waals surface area contributed by atoms with Crippen molar-refractivity contribution in [3.63, 3.8) is 0 Å². The van der Waals surface area contributed by atoms with E-state index in [-0.39, 0.29) is 0 Å². The number of ether oxygens (including phenoxy) is 2.